The predicted octanol–water partition coefficient (Wildman–Crippen LogP) is 3.86. The molecule has 4 unspecified atom stereocenters. The Labute approximate surface area is 211 Å². The third-order valence-corrected chi connectivity index (χ3v) is 7.41. The van der Waals surface area contributed by atoms with Gasteiger partial charge in [-0.2, -0.15) is 0 Å². The molecule has 2 heterocycles. The molecule has 1 saturated carbocycles. The van der Waals surface area contributed by atoms with Crippen molar-refractivity contribution in [3.05, 3.63) is 60.2 Å². The number of urea groups is 1. The third kappa shape index (κ3) is 4.82. The number of carbonyl (C=O) groups is 3. The first-order valence-electron chi connectivity index (χ1n) is 12.9. The van der Waals surface area contributed by atoms with Crippen LogP contribution in [-0.4, -0.2) is 65.6 Å². The molecule has 5 rings (SSSR count). The molecule has 2 aromatic carbocycles. The summed E-state index contributed by atoms with van der Waals surface area (Å²) >= 11 is 0. The van der Waals surface area contributed by atoms with Gasteiger partial charge in [-0.1, -0.05) is 55.3 Å². The summed E-state index contributed by atoms with van der Waals surface area (Å²) in [4.78, 5) is 43.2. The van der Waals surface area contributed by atoms with Crippen molar-refractivity contribution in [2.24, 2.45) is 5.92 Å². The largest absolute Gasteiger partial charge is 0.492 e. The molecule has 1 aliphatic carbocycles. The number of amides is 4. The SMILES string of the molecule is CCOc1ccccc1NC(=O)CN1C(=O)N(CCc2ccccc2)C(=O)C2OC3CCCCC3C21. The van der Waals surface area contributed by atoms with Crippen molar-refractivity contribution in [2.45, 2.75) is 57.3 Å². The molecule has 3 aliphatic rings. The minimum atomic E-state index is -0.727. The van der Waals surface area contributed by atoms with Gasteiger partial charge < -0.3 is 19.7 Å². The molecule has 3 fully saturated rings. The maximum Gasteiger partial charge on any atom is 0.327 e. The van der Waals surface area contributed by atoms with Crippen LogP contribution in [0.15, 0.2) is 54.6 Å². The van der Waals surface area contributed by atoms with Crippen LogP contribution in [0.3, 0.4) is 0 Å². The van der Waals surface area contributed by atoms with Crippen molar-refractivity contribution < 1.29 is 23.9 Å². The zero-order chi connectivity index (χ0) is 25.1. The van der Waals surface area contributed by atoms with Gasteiger partial charge in [0.1, 0.15) is 12.3 Å². The van der Waals surface area contributed by atoms with Gasteiger partial charge in [-0.25, -0.2) is 4.79 Å². The number of benzene rings is 2. The first-order chi connectivity index (χ1) is 17.6. The number of para-hydroxylation sites is 2. The first-order valence-corrected chi connectivity index (χ1v) is 12.9. The minimum Gasteiger partial charge on any atom is -0.492 e. The lowest BCUT2D eigenvalue weighted by Crippen LogP contribution is -2.65. The van der Waals surface area contributed by atoms with Crippen molar-refractivity contribution in [3.63, 3.8) is 0 Å². The molecule has 2 saturated heterocycles. The molecule has 8 nitrogen and oxygen atoms in total. The molecule has 0 bridgehead atoms. The molecule has 2 aromatic rings. The topological polar surface area (TPSA) is 88.2 Å². The Morgan fingerprint density at radius 2 is 1.81 bits per heavy atom. The van der Waals surface area contributed by atoms with Gasteiger partial charge in [-0.15, -0.1) is 0 Å². The third-order valence-electron chi connectivity index (χ3n) is 7.41. The van der Waals surface area contributed by atoms with E-state index in [9.17, 15) is 14.4 Å². The molecule has 8 heteroatoms. The van der Waals surface area contributed by atoms with Crippen molar-refractivity contribution in [1.82, 2.24) is 9.80 Å². The highest BCUT2D eigenvalue weighted by Crippen LogP contribution is 2.43. The second-order valence-corrected chi connectivity index (χ2v) is 9.65. The van der Waals surface area contributed by atoms with Crippen LogP contribution in [0.4, 0.5) is 10.5 Å². The number of nitrogens with zero attached hydrogens (tertiary/aromatic N) is 2. The highest BCUT2D eigenvalue weighted by molar-refractivity contribution is 6.03. The van der Waals surface area contributed by atoms with Gasteiger partial charge in [0.25, 0.3) is 5.91 Å². The molecule has 190 valence electrons. The lowest BCUT2D eigenvalue weighted by atomic mass is 9.81. The minimum absolute atomic E-state index is 0.0520. The summed E-state index contributed by atoms with van der Waals surface area (Å²) < 4.78 is 11.9. The van der Waals surface area contributed by atoms with Crippen molar-refractivity contribution in [1.29, 1.82) is 0 Å². The number of imide groups is 1. The van der Waals surface area contributed by atoms with Crippen LogP contribution in [0.1, 0.15) is 38.2 Å². The Bertz CT molecular complexity index is 1110. The van der Waals surface area contributed by atoms with E-state index in [0.717, 1.165) is 31.2 Å². The van der Waals surface area contributed by atoms with Crippen molar-refractivity contribution >= 4 is 23.5 Å². The van der Waals surface area contributed by atoms with Crippen LogP contribution in [0.25, 0.3) is 0 Å². The number of nitrogens with one attached hydrogen (secondary N) is 1. The summed E-state index contributed by atoms with van der Waals surface area (Å²) in [6, 6.07) is 16.2. The molecule has 4 atom stereocenters. The molecular weight excluding hydrogens is 458 g/mol. The average molecular weight is 492 g/mol. The van der Waals surface area contributed by atoms with Crippen LogP contribution in [0.2, 0.25) is 0 Å². The fraction of sp³-hybridized carbons (Fsp3) is 0.464. The first kappa shape index (κ1) is 24.3. The molecular formula is C28H33N3O5. The van der Waals surface area contributed by atoms with Gasteiger partial charge in [0, 0.05) is 12.5 Å². The van der Waals surface area contributed by atoms with E-state index in [2.05, 4.69) is 5.32 Å². The lowest BCUT2D eigenvalue weighted by Gasteiger charge is -2.43. The second-order valence-electron chi connectivity index (χ2n) is 9.65. The van der Waals surface area contributed by atoms with E-state index in [-0.39, 0.29) is 36.9 Å². The quantitative estimate of drug-likeness (QED) is 0.606. The van der Waals surface area contributed by atoms with E-state index in [1.165, 1.54) is 4.90 Å². The van der Waals surface area contributed by atoms with Crippen LogP contribution in [0.5, 0.6) is 5.75 Å². The smallest absolute Gasteiger partial charge is 0.327 e. The predicted molar refractivity (Wildman–Crippen MR) is 135 cm³/mol. The van der Waals surface area contributed by atoms with Crippen LogP contribution < -0.4 is 10.1 Å². The number of carbonyl (C=O) groups excluding carboxylic acids is 3. The number of rotatable bonds is 8. The maximum absolute atomic E-state index is 13.7. The second kappa shape index (κ2) is 10.7. The Morgan fingerprint density at radius 3 is 2.61 bits per heavy atom. The Kier molecular flexibility index (Phi) is 7.23. The number of hydrogen-bond donors (Lipinski definition) is 1. The van der Waals surface area contributed by atoms with E-state index < -0.39 is 18.2 Å². The molecule has 2 aliphatic heterocycles. The van der Waals surface area contributed by atoms with Crippen LogP contribution in [-0.2, 0) is 20.7 Å². The van der Waals surface area contributed by atoms with Gasteiger partial charge >= 0.3 is 6.03 Å². The molecule has 0 radical (unpaired) electrons. The number of hydrogen-bond acceptors (Lipinski definition) is 5. The summed E-state index contributed by atoms with van der Waals surface area (Å²) in [5, 5.41) is 2.90. The van der Waals surface area contributed by atoms with Crippen molar-refractivity contribution in [3.8, 4) is 5.75 Å². The Morgan fingerprint density at radius 1 is 1.06 bits per heavy atom. The Balaban J connectivity index is 1.37. The zero-order valence-electron chi connectivity index (χ0n) is 20.6. The van der Waals surface area contributed by atoms with Crippen molar-refractivity contribution in [2.75, 3.05) is 25.0 Å². The summed E-state index contributed by atoms with van der Waals surface area (Å²) in [5.41, 5.74) is 1.60. The van der Waals surface area contributed by atoms with Gasteiger partial charge in [0.05, 0.1) is 24.4 Å². The molecule has 0 spiro atoms. The molecule has 1 N–H and O–H groups in total. The average Bonchev–Trinajstić information content (AvgIpc) is 3.28. The zero-order valence-corrected chi connectivity index (χ0v) is 20.6. The standard InChI is InChI=1S/C28H33N3O5/c1-2-35-23-15-9-7-13-21(23)29-24(32)18-31-25-20-12-6-8-14-22(20)36-26(25)27(33)30(28(31)34)17-16-19-10-4-3-5-11-19/h3-5,7,9-11,13,15,20,22,25-26H,2,6,8,12,14,16-18H2,1H3,(H,29,32). The van der Waals surface area contributed by atoms with Gasteiger partial charge in [0.15, 0.2) is 6.10 Å². The van der Waals surface area contributed by atoms with E-state index in [0.29, 0.717) is 24.5 Å². The van der Waals surface area contributed by atoms with E-state index in [1.807, 2.05) is 49.4 Å². The molecule has 36 heavy (non-hydrogen) atoms. The highest BCUT2D eigenvalue weighted by Gasteiger charge is 2.57. The lowest BCUT2D eigenvalue weighted by molar-refractivity contribution is -0.147. The van der Waals surface area contributed by atoms with E-state index in [4.69, 9.17) is 9.47 Å². The summed E-state index contributed by atoms with van der Waals surface area (Å²) in [6.07, 6.45) is 3.63. The van der Waals surface area contributed by atoms with E-state index >= 15 is 0 Å². The summed E-state index contributed by atoms with van der Waals surface area (Å²) in [7, 11) is 0. The Hall–Kier alpha value is -3.39. The van der Waals surface area contributed by atoms with Gasteiger partial charge in [-0.3, -0.25) is 14.5 Å². The number of anilines is 1. The van der Waals surface area contributed by atoms with E-state index in [1.54, 1.807) is 17.0 Å². The number of ether oxygens (including phenoxy) is 2. The van der Waals surface area contributed by atoms with Crippen LogP contribution >= 0.6 is 0 Å². The fourth-order valence-electron chi connectivity index (χ4n) is 5.77. The van der Waals surface area contributed by atoms with Gasteiger partial charge in [-0.05, 0) is 43.9 Å². The van der Waals surface area contributed by atoms with Gasteiger partial charge in [0.2, 0.25) is 5.91 Å². The number of fused-ring (bicyclic) bond motifs is 3. The summed E-state index contributed by atoms with van der Waals surface area (Å²) in [5.74, 6) is 0.0309. The highest BCUT2D eigenvalue weighted by atomic mass is 16.5. The fourth-order valence-corrected chi connectivity index (χ4v) is 5.77. The normalized spacial score (nSPS) is 25.4. The summed E-state index contributed by atoms with van der Waals surface area (Å²) in [6.45, 7) is 2.45. The molecule has 4 amide bonds. The maximum atomic E-state index is 13.7. The molecule has 0 aromatic heterocycles. The van der Waals surface area contributed by atoms with Crippen LogP contribution in [0, 0.1) is 5.92 Å². The monoisotopic (exact) mass is 491 g/mol.